The fraction of sp³-hybridized carbons (Fsp3) is 0.348. The molecule has 6 nitrogen and oxygen atoms in total. The topological polar surface area (TPSA) is 55.2 Å². The number of ether oxygens (including phenoxy) is 1. The van der Waals surface area contributed by atoms with Gasteiger partial charge >= 0.3 is 0 Å². The summed E-state index contributed by atoms with van der Waals surface area (Å²) in [7, 11) is 0. The standard InChI is InChI=1S/C23H25N5OS/c30-23-26-21(19-8-1-2-11-25-19)22(28(23)15-17-6-3-10-24-14-17)20-9-4-12-27(20)16-18-7-5-13-29-18/h1-4,6,8-12,14,18,21-22H,5,7,13,15-16H2,(H,26,30)/t18-,21+,22+/m0/s1. The molecule has 0 bridgehead atoms. The van der Waals surface area contributed by atoms with Crippen molar-refractivity contribution < 1.29 is 4.74 Å². The van der Waals surface area contributed by atoms with Gasteiger partial charge < -0.3 is 19.5 Å². The molecule has 2 fully saturated rings. The van der Waals surface area contributed by atoms with Crippen LogP contribution in [0.15, 0.2) is 67.3 Å². The molecule has 5 rings (SSSR count). The van der Waals surface area contributed by atoms with Gasteiger partial charge in [0.05, 0.1) is 23.9 Å². The number of aromatic nitrogens is 3. The number of hydrogen-bond acceptors (Lipinski definition) is 4. The number of thiocarbonyl (C=S) groups is 1. The lowest BCUT2D eigenvalue weighted by molar-refractivity contribution is 0.0953. The highest BCUT2D eigenvalue weighted by atomic mass is 32.1. The summed E-state index contributed by atoms with van der Waals surface area (Å²) in [5, 5.41) is 4.27. The van der Waals surface area contributed by atoms with Crippen LogP contribution in [0.4, 0.5) is 0 Å². The van der Waals surface area contributed by atoms with Crippen molar-refractivity contribution in [3.8, 4) is 0 Å². The van der Waals surface area contributed by atoms with E-state index in [0.29, 0.717) is 6.54 Å². The molecule has 3 aromatic heterocycles. The van der Waals surface area contributed by atoms with Crippen LogP contribution >= 0.6 is 12.2 Å². The summed E-state index contributed by atoms with van der Waals surface area (Å²) >= 11 is 5.79. The van der Waals surface area contributed by atoms with E-state index < -0.39 is 0 Å². The molecule has 0 amide bonds. The van der Waals surface area contributed by atoms with Gasteiger partial charge in [0.25, 0.3) is 0 Å². The van der Waals surface area contributed by atoms with Crippen LogP contribution in [-0.2, 0) is 17.8 Å². The molecule has 30 heavy (non-hydrogen) atoms. The molecule has 3 aromatic rings. The van der Waals surface area contributed by atoms with Gasteiger partial charge in [0, 0.05) is 50.2 Å². The number of rotatable bonds is 6. The monoisotopic (exact) mass is 419 g/mol. The lowest BCUT2D eigenvalue weighted by Gasteiger charge is -2.29. The van der Waals surface area contributed by atoms with Crippen molar-refractivity contribution in [2.24, 2.45) is 0 Å². The van der Waals surface area contributed by atoms with Gasteiger partial charge in [0.15, 0.2) is 5.11 Å². The van der Waals surface area contributed by atoms with Crippen molar-refractivity contribution >= 4 is 17.3 Å². The third-order valence-corrected chi connectivity index (χ3v) is 6.22. The van der Waals surface area contributed by atoms with Crippen LogP contribution in [0.3, 0.4) is 0 Å². The van der Waals surface area contributed by atoms with Crippen LogP contribution in [0.25, 0.3) is 0 Å². The van der Waals surface area contributed by atoms with Crippen molar-refractivity contribution in [2.75, 3.05) is 6.61 Å². The number of hydrogen-bond donors (Lipinski definition) is 1. The average molecular weight is 420 g/mol. The number of nitrogens with one attached hydrogen (secondary N) is 1. The molecule has 2 saturated heterocycles. The van der Waals surface area contributed by atoms with E-state index in [4.69, 9.17) is 17.0 Å². The number of pyridine rings is 2. The predicted molar refractivity (Wildman–Crippen MR) is 119 cm³/mol. The Morgan fingerprint density at radius 2 is 2.10 bits per heavy atom. The Morgan fingerprint density at radius 1 is 1.13 bits per heavy atom. The second-order valence-electron chi connectivity index (χ2n) is 7.84. The van der Waals surface area contributed by atoms with Gasteiger partial charge in [-0.3, -0.25) is 9.97 Å². The number of nitrogens with zero attached hydrogens (tertiary/aromatic N) is 4. The zero-order valence-electron chi connectivity index (χ0n) is 16.7. The van der Waals surface area contributed by atoms with E-state index in [1.54, 1.807) is 6.20 Å². The molecule has 0 spiro atoms. The van der Waals surface area contributed by atoms with Gasteiger partial charge in [0.1, 0.15) is 0 Å². The molecule has 7 heteroatoms. The predicted octanol–water partition coefficient (Wildman–Crippen LogP) is 3.63. The van der Waals surface area contributed by atoms with E-state index in [0.717, 1.165) is 42.4 Å². The molecule has 0 aromatic carbocycles. The highest BCUT2D eigenvalue weighted by Gasteiger charge is 2.41. The Morgan fingerprint density at radius 3 is 2.87 bits per heavy atom. The minimum Gasteiger partial charge on any atom is -0.376 e. The Balaban J connectivity index is 1.51. The smallest absolute Gasteiger partial charge is 0.170 e. The average Bonchev–Trinajstić information content (AvgIpc) is 3.52. The van der Waals surface area contributed by atoms with E-state index in [2.05, 4.69) is 55.2 Å². The molecular weight excluding hydrogens is 394 g/mol. The third-order valence-electron chi connectivity index (χ3n) is 5.87. The summed E-state index contributed by atoms with van der Waals surface area (Å²) in [5.74, 6) is 0. The van der Waals surface area contributed by atoms with Crippen molar-refractivity contribution in [3.63, 3.8) is 0 Å². The quantitative estimate of drug-likeness (QED) is 0.616. The van der Waals surface area contributed by atoms with E-state index in [1.807, 2.05) is 30.6 Å². The van der Waals surface area contributed by atoms with Crippen LogP contribution in [-0.4, -0.2) is 37.3 Å². The van der Waals surface area contributed by atoms with E-state index in [1.165, 1.54) is 5.69 Å². The van der Waals surface area contributed by atoms with Crippen LogP contribution < -0.4 is 5.32 Å². The third kappa shape index (κ3) is 3.82. The maximum absolute atomic E-state index is 5.90. The van der Waals surface area contributed by atoms with Crippen molar-refractivity contribution in [2.45, 2.75) is 44.1 Å². The summed E-state index contributed by atoms with van der Waals surface area (Å²) in [6.45, 7) is 2.42. The highest BCUT2D eigenvalue weighted by molar-refractivity contribution is 7.80. The highest BCUT2D eigenvalue weighted by Crippen LogP contribution is 2.39. The minimum atomic E-state index is -0.0199. The normalized spacial score (nSPS) is 23.7. The van der Waals surface area contributed by atoms with Gasteiger partial charge in [-0.15, -0.1) is 0 Å². The van der Waals surface area contributed by atoms with Crippen molar-refractivity contribution in [1.29, 1.82) is 0 Å². The molecule has 3 atom stereocenters. The molecule has 0 aliphatic carbocycles. The summed E-state index contributed by atoms with van der Waals surface area (Å²) in [5.41, 5.74) is 3.34. The largest absolute Gasteiger partial charge is 0.376 e. The molecule has 2 aliphatic heterocycles. The fourth-order valence-electron chi connectivity index (χ4n) is 4.46. The lowest BCUT2D eigenvalue weighted by Crippen LogP contribution is -2.30. The minimum absolute atomic E-state index is 0.0199. The molecule has 0 saturated carbocycles. The summed E-state index contributed by atoms with van der Waals surface area (Å²) < 4.78 is 8.22. The summed E-state index contributed by atoms with van der Waals surface area (Å²) in [6.07, 6.45) is 10.2. The van der Waals surface area contributed by atoms with Crippen LogP contribution in [0.5, 0.6) is 0 Å². The fourth-order valence-corrected chi connectivity index (χ4v) is 4.76. The van der Waals surface area contributed by atoms with Crippen LogP contribution in [0, 0.1) is 0 Å². The van der Waals surface area contributed by atoms with Gasteiger partial charge in [-0.25, -0.2) is 0 Å². The van der Waals surface area contributed by atoms with Gasteiger partial charge in [-0.05, 0) is 61.0 Å². The first kappa shape index (κ1) is 19.2. The molecule has 154 valence electrons. The molecule has 1 N–H and O–H groups in total. The first-order valence-corrected chi connectivity index (χ1v) is 10.8. The second-order valence-corrected chi connectivity index (χ2v) is 8.22. The Kier molecular flexibility index (Phi) is 5.46. The van der Waals surface area contributed by atoms with Crippen molar-refractivity contribution in [3.05, 3.63) is 84.2 Å². The Labute approximate surface area is 181 Å². The maximum atomic E-state index is 5.90. The van der Waals surface area contributed by atoms with E-state index in [-0.39, 0.29) is 18.2 Å². The molecule has 0 unspecified atom stereocenters. The van der Waals surface area contributed by atoms with E-state index in [9.17, 15) is 0 Å². The second kappa shape index (κ2) is 8.53. The first-order chi connectivity index (χ1) is 14.8. The first-order valence-electron chi connectivity index (χ1n) is 10.4. The molecule has 2 aliphatic rings. The van der Waals surface area contributed by atoms with Gasteiger partial charge in [-0.2, -0.15) is 0 Å². The molecule has 0 radical (unpaired) electrons. The van der Waals surface area contributed by atoms with Crippen LogP contribution in [0.1, 0.15) is 41.9 Å². The Bertz CT molecular complexity index is 987. The van der Waals surface area contributed by atoms with Gasteiger partial charge in [-0.1, -0.05) is 12.1 Å². The molecule has 5 heterocycles. The maximum Gasteiger partial charge on any atom is 0.170 e. The molecular formula is C23H25N5OS. The van der Waals surface area contributed by atoms with Crippen LogP contribution in [0.2, 0.25) is 0 Å². The summed E-state index contributed by atoms with van der Waals surface area (Å²) in [4.78, 5) is 11.2. The zero-order valence-corrected chi connectivity index (χ0v) is 17.5. The van der Waals surface area contributed by atoms with E-state index >= 15 is 0 Å². The van der Waals surface area contributed by atoms with Crippen molar-refractivity contribution in [1.82, 2.24) is 24.8 Å². The zero-order chi connectivity index (χ0) is 20.3. The Hall–Kier alpha value is -2.77. The SMILES string of the molecule is S=C1N[C@H](c2ccccn2)[C@@H](c2cccn2C[C@@H]2CCCO2)N1Cc1cccnc1. The lowest BCUT2D eigenvalue weighted by atomic mass is 10.0. The summed E-state index contributed by atoms with van der Waals surface area (Å²) in [6, 6.07) is 14.4. The van der Waals surface area contributed by atoms with Gasteiger partial charge in [0.2, 0.25) is 0 Å².